The highest BCUT2D eigenvalue weighted by molar-refractivity contribution is 7.90. The molecule has 0 bridgehead atoms. The van der Waals surface area contributed by atoms with E-state index in [1.807, 2.05) is 20.8 Å². The van der Waals surface area contributed by atoms with Gasteiger partial charge in [0.2, 0.25) is 10.0 Å². The van der Waals surface area contributed by atoms with Gasteiger partial charge in [-0.25, -0.2) is 13.1 Å². The van der Waals surface area contributed by atoms with Crippen molar-refractivity contribution in [1.82, 2.24) is 10.0 Å². The number of hydrogen-bond acceptors (Lipinski definition) is 3. The highest BCUT2D eigenvalue weighted by Crippen LogP contribution is 2.09. The fourth-order valence-electron chi connectivity index (χ4n) is 1.36. The van der Waals surface area contributed by atoms with Crippen molar-refractivity contribution in [2.75, 3.05) is 6.54 Å². The Morgan fingerprint density at radius 2 is 1.59 bits per heavy atom. The molecule has 2 N–H and O–H groups in total. The Hall–Kier alpha value is -0.130. The first-order chi connectivity index (χ1) is 7.70. The second-order valence-electron chi connectivity index (χ2n) is 5.21. The molecule has 0 radical (unpaired) electrons. The molecule has 17 heavy (non-hydrogen) atoms. The lowest BCUT2D eigenvalue weighted by molar-refractivity contribution is 0.430. The van der Waals surface area contributed by atoms with E-state index in [-0.39, 0.29) is 6.04 Å². The average Bonchev–Trinajstić information content (AvgIpc) is 2.23. The summed E-state index contributed by atoms with van der Waals surface area (Å²) in [5.41, 5.74) is 0. The third-order valence-corrected chi connectivity index (χ3v) is 5.12. The summed E-state index contributed by atoms with van der Waals surface area (Å²) in [6.07, 6.45) is 0.975. The van der Waals surface area contributed by atoms with Gasteiger partial charge in [0.05, 0.1) is 5.25 Å². The van der Waals surface area contributed by atoms with Crippen LogP contribution in [0.25, 0.3) is 0 Å². The predicted molar refractivity (Wildman–Crippen MR) is 73.6 cm³/mol. The van der Waals surface area contributed by atoms with E-state index < -0.39 is 15.3 Å². The van der Waals surface area contributed by atoms with Crippen molar-refractivity contribution in [2.24, 2.45) is 5.92 Å². The van der Waals surface area contributed by atoms with Crippen LogP contribution >= 0.6 is 0 Å². The molecule has 0 saturated heterocycles. The molecule has 0 aromatic rings. The van der Waals surface area contributed by atoms with Gasteiger partial charge in [-0.05, 0) is 19.8 Å². The molecule has 3 atom stereocenters. The van der Waals surface area contributed by atoms with Crippen LogP contribution in [-0.2, 0) is 10.0 Å². The molecular formula is C12H28N2O2S. The summed E-state index contributed by atoms with van der Waals surface area (Å²) in [7, 11) is -3.22. The lowest BCUT2D eigenvalue weighted by Crippen LogP contribution is -2.45. The van der Waals surface area contributed by atoms with E-state index >= 15 is 0 Å². The van der Waals surface area contributed by atoms with Crippen molar-refractivity contribution >= 4 is 10.0 Å². The monoisotopic (exact) mass is 264 g/mol. The van der Waals surface area contributed by atoms with Crippen LogP contribution in [0.5, 0.6) is 0 Å². The summed E-state index contributed by atoms with van der Waals surface area (Å²) in [6.45, 7) is 12.3. The molecule has 0 fully saturated rings. The molecule has 0 aliphatic carbocycles. The molecule has 0 aliphatic heterocycles. The minimum absolute atomic E-state index is 0.00787. The van der Waals surface area contributed by atoms with E-state index in [9.17, 15) is 8.42 Å². The minimum Gasteiger partial charge on any atom is -0.313 e. The molecule has 0 heterocycles. The van der Waals surface area contributed by atoms with Crippen LogP contribution in [0.2, 0.25) is 0 Å². The highest BCUT2D eigenvalue weighted by Gasteiger charge is 2.24. The summed E-state index contributed by atoms with van der Waals surface area (Å²) < 4.78 is 26.8. The smallest absolute Gasteiger partial charge is 0.215 e. The van der Waals surface area contributed by atoms with Crippen molar-refractivity contribution < 1.29 is 8.42 Å². The first kappa shape index (κ1) is 16.9. The fourth-order valence-corrected chi connectivity index (χ4v) is 2.65. The van der Waals surface area contributed by atoms with Crippen LogP contribution in [-0.4, -0.2) is 32.3 Å². The van der Waals surface area contributed by atoms with Crippen molar-refractivity contribution in [3.05, 3.63) is 0 Å². The standard InChI is InChI=1S/C12H28N2O2S/c1-7-10(4)12(6)14-17(15,16)11(5)8-13-9(2)3/h9-14H,7-8H2,1-6H3. The van der Waals surface area contributed by atoms with E-state index in [0.717, 1.165) is 6.42 Å². The van der Waals surface area contributed by atoms with E-state index in [2.05, 4.69) is 23.9 Å². The van der Waals surface area contributed by atoms with E-state index in [0.29, 0.717) is 18.5 Å². The van der Waals surface area contributed by atoms with Crippen molar-refractivity contribution in [3.8, 4) is 0 Å². The van der Waals surface area contributed by atoms with Gasteiger partial charge >= 0.3 is 0 Å². The number of nitrogens with one attached hydrogen (secondary N) is 2. The topological polar surface area (TPSA) is 58.2 Å². The molecule has 0 amide bonds. The third kappa shape index (κ3) is 6.38. The minimum atomic E-state index is -3.22. The molecule has 0 aromatic heterocycles. The lowest BCUT2D eigenvalue weighted by Gasteiger charge is -2.23. The third-order valence-electron chi connectivity index (χ3n) is 3.19. The van der Waals surface area contributed by atoms with Gasteiger partial charge in [0.1, 0.15) is 0 Å². The molecule has 0 aliphatic rings. The lowest BCUT2D eigenvalue weighted by atomic mass is 10.0. The van der Waals surface area contributed by atoms with Crippen LogP contribution in [0.15, 0.2) is 0 Å². The largest absolute Gasteiger partial charge is 0.313 e. The summed E-state index contributed by atoms with van der Waals surface area (Å²) in [5, 5.41) is 2.74. The van der Waals surface area contributed by atoms with E-state index in [4.69, 9.17) is 0 Å². The van der Waals surface area contributed by atoms with Gasteiger partial charge in [-0.2, -0.15) is 0 Å². The summed E-state index contributed by atoms with van der Waals surface area (Å²) in [6, 6.07) is 0.297. The van der Waals surface area contributed by atoms with Crippen LogP contribution in [0.4, 0.5) is 0 Å². The van der Waals surface area contributed by atoms with Crippen molar-refractivity contribution in [3.63, 3.8) is 0 Å². The Bertz CT molecular complexity index is 302. The van der Waals surface area contributed by atoms with Crippen molar-refractivity contribution in [2.45, 2.75) is 65.3 Å². The van der Waals surface area contributed by atoms with Gasteiger partial charge in [-0.3, -0.25) is 0 Å². The molecule has 3 unspecified atom stereocenters. The van der Waals surface area contributed by atoms with Crippen LogP contribution in [0.3, 0.4) is 0 Å². The zero-order valence-corrected chi connectivity index (χ0v) is 12.8. The molecule has 0 spiro atoms. The maximum absolute atomic E-state index is 12.0. The molecule has 104 valence electrons. The Balaban J connectivity index is 4.36. The second kappa shape index (κ2) is 7.34. The molecular weight excluding hydrogens is 236 g/mol. The highest BCUT2D eigenvalue weighted by atomic mass is 32.2. The maximum atomic E-state index is 12.0. The summed E-state index contributed by atoms with van der Waals surface area (Å²) >= 11 is 0. The second-order valence-corrected chi connectivity index (χ2v) is 7.34. The van der Waals surface area contributed by atoms with Gasteiger partial charge in [0, 0.05) is 18.6 Å². The van der Waals surface area contributed by atoms with Crippen molar-refractivity contribution in [1.29, 1.82) is 0 Å². The zero-order valence-electron chi connectivity index (χ0n) is 11.9. The van der Waals surface area contributed by atoms with Gasteiger partial charge in [-0.15, -0.1) is 0 Å². The van der Waals surface area contributed by atoms with Gasteiger partial charge in [0.25, 0.3) is 0 Å². The predicted octanol–water partition coefficient (Wildman–Crippen LogP) is 1.73. The van der Waals surface area contributed by atoms with Gasteiger partial charge in [-0.1, -0.05) is 34.1 Å². The zero-order chi connectivity index (χ0) is 13.6. The van der Waals surface area contributed by atoms with E-state index in [1.54, 1.807) is 6.92 Å². The Kier molecular flexibility index (Phi) is 7.28. The Morgan fingerprint density at radius 3 is 2.00 bits per heavy atom. The molecule has 4 nitrogen and oxygen atoms in total. The first-order valence-corrected chi connectivity index (χ1v) is 7.99. The summed E-state index contributed by atoms with van der Waals surface area (Å²) in [5.74, 6) is 0.357. The van der Waals surface area contributed by atoms with Crippen LogP contribution in [0.1, 0.15) is 48.0 Å². The SMILES string of the molecule is CCC(C)C(C)NS(=O)(=O)C(C)CNC(C)C. The Morgan fingerprint density at radius 1 is 1.06 bits per heavy atom. The normalized spacial score (nSPS) is 18.1. The quantitative estimate of drug-likeness (QED) is 0.702. The number of sulfonamides is 1. The average molecular weight is 264 g/mol. The molecule has 0 saturated carbocycles. The first-order valence-electron chi connectivity index (χ1n) is 6.45. The maximum Gasteiger partial charge on any atom is 0.215 e. The van der Waals surface area contributed by atoms with Gasteiger partial charge in [0.15, 0.2) is 0 Å². The van der Waals surface area contributed by atoms with Crippen LogP contribution < -0.4 is 10.0 Å². The van der Waals surface area contributed by atoms with E-state index in [1.165, 1.54) is 0 Å². The van der Waals surface area contributed by atoms with Crippen LogP contribution in [0, 0.1) is 5.92 Å². The van der Waals surface area contributed by atoms with Gasteiger partial charge < -0.3 is 5.32 Å². The molecule has 0 rings (SSSR count). The molecule has 0 aromatic carbocycles. The Labute approximate surface area is 107 Å². The molecule has 5 heteroatoms. The number of hydrogen-bond donors (Lipinski definition) is 2. The number of rotatable bonds is 8. The summed E-state index contributed by atoms with van der Waals surface area (Å²) in [4.78, 5) is 0. The fraction of sp³-hybridized carbons (Fsp3) is 1.00.